The largest absolute Gasteiger partial charge is 0.337 e. The van der Waals surface area contributed by atoms with E-state index in [1.807, 2.05) is 59.3 Å². The van der Waals surface area contributed by atoms with Crippen LogP contribution in [0.4, 0.5) is 23.5 Å². The third-order valence-electron chi connectivity index (χ3n) is 4.49. The second-order valence-corrected chi connectivity index (χ2v) is 7.14. The fourth-order valence-corrected chi connectivity index (χ4v) is 3.54. The molecule has 0 saturated carbocycles. The Kier molecular flexibility index (Phi) is 5.00. The molecule has 0 fully saturated rings. The average Bonchev–Trinajstić information content (AvgIpc) is 3.21. The molecule has 4 aromatic rings. The minimum absolute atomic E-state index is 0.0385. The minimum atomic E-state index is 0.0385. The summed E-state index contributed by atoms with van der Waals surface area (Å²) in [5, 5.41) is 12.5. The molecule has 2 aromatic carbocycles. The number of anilines is 4. The first-order valence-electron chi connectivity index (χ1n) is 8.68. The van der Waals surface area contributed by atoms with Crippen LogP contribution in [0.25, 0.3) is 10.2 Å². The zero-order chi connectivity index (χ0) is 19.5. The molecule has 8 nitrogen and oxygen atoms in total. The maximum atomic E-state index is 9.35. The molecule has 142 valence electrons. The van der Waals surface area contributed by atoms with Crippen LogP contribution in [0, 0.1) is 0 Å². The maximum Gasteiger partial charge on any atom is 0.253 e. The highest BCUT2D eigenvalue weighted by Crippen LogP contribution is 2.26. The van der Waals surface area contributed by atoms with Gasteiger partial charge >= 0.3 is 0 Å². The summed E-state index contributed by atoms with van der Waals surface area (Å²) in [6, 6.07) is 15.9. The lowest BCUT2D eigenvalue weighted by Crippen LogP contribution is -2.24. The molecule has 9 heteroatoms. The lowest BCUT2D eigenvalue weighted by atomic mass is 10.1. The van der Waals surface area contributed by atoms with Gasteiger partial charge in [0, 0.05) is 12.7 Å². The number of benzene rings is 2. The number of nitrogens with one attached hydrogen (secondary N) is 2. The van der Waals surface area contributed by atoms with Gasteiger partial charge in [0.05, 0.1) is 21.8 Å². The summed E-state index contributed by atoms with van der Waals surface area (Å²) in [6.45, 7) is 2.07. The van der Waals surface area contributed by atoms with Crippen LogP contribution in [0.1, 0.15) is 18.5 Å². The molecule has 0 amide bonds. The van der Waals surface area contributed by atoms with Gasteiger partial charge in [0.25, 0.3) is 5.95 Å². The maximum absolute atomic E-state index is 9.35. The lowest BCUT2D eigenvalue weighted by Gasteiger charge is -2.25. The van der Waals surface area contributed by atoms with E-state index in [1.165, 1.54) is 0 Å². The van der Waals surface area contributed by atoms with Gasteiger partial charge in [0.2, 0.25) is 11.9 Å². The van der Waals surface area contributed by atoms with E-state index in [-0.39, 0.29) is 12.0 Å². The first kappa shape index (κ1) is 18.1. The minimum Gasteiger partial charge on any atom is -0.337 e. The summed E-state index contributed by atoms with van der Waals surface area (Å²) in [5.74, 6) is 0.834. The van der Waals surface area contributed by atoms with Crippen molar-refractivity contribution >= 4 is 45.1 Å². The molecular formula is C19H19N7OS. The highest BCUT2D eigenvalue weighted by atomic mass is 32.1. The molecule has 2 heterocycles. The summed E-state index contributed by atoms with van der Waals surface area (Å²) in [5.41, 5.74) is 6.73. The Bertz CT molecular complexity index is 1090. The molecule has 2 aromatic heterocycles. The first-order valence-corrected chi connectivity index (χ1v) is 9.56. The van der Waals surface area contributed by atoms with E-state index in [2.05, 4.69) is 44.3 Å². The molecule has 0 aliphatic heterocycles. The van der Waals surface area contributed by atoms with Crippen LogP contribution in [-0.4, -0.2) is 32.2 Å². The van der Waals surface area contributed by atoms with Gasteiger partial charge in [-0.15, -0.1) is 11.3 Å². The molecule has 28 heavy (non-hydrogen) atoms. The predicted octanol–water partition coefficient (Wildman–Crippen LogP) is 4.22. The number of hydrogen-bond donors (Lipinski definition) is 3. The van der Waals surface area contributed by atoms with Crippen molar-refractivity contribution in [2.45, 2.75) is 13.0 Å². The van der Waals surface area contributed by atoms with Crippen LogP contribution in [0.3, 0.4) is 0 Å². The molecule has 3 N–H and O–H groups in total. The predicted molar refractivity (Wildman–Crippen MR) is 111 cm³/mol. The van der Waals surface area contributed by atoms with Crippen LogP contribution in [0.5, 0.6) is 0 Å². The normalized spacial score (nSPS) is 12.0. The SMILES string of the molecule is CC(c1ccccc1)N(C)c1nc(NO)nc(Nc2ccc3ncsc3c2)n1. The van der Waals surface area contributed by atoms with Crippen LogP contribution < -0.4 is 15.7 Å². The van der Waals surface area contributed by atoms with E-state index in [4.69, 9.17) is 0 Å². The van der Waals surface area contributed by atoms with E-state index in [9.17, 15) is 5.21 Å². The Balaban J connectivity index is 1.63. The Morgan fingerprint density at radius 2 is 1.82 bits per heavy atom. The van der Waals surface area contributed by atoms with Gasteiger partial charge in [-0.05, 0) is 30.7 Å². The van der Waals surface area contributed by atoms with Crippen LogP contribution >= 0.6 is 11.3 Å². The second kappa shape index (κ2) is 7.75. The van der Waals surface area contributed by atoms with Gasteiger partial charge in [-0.1, -0.05) is 30.3 Å². The van der Waals surface area contributed by atoms with Crippen molar-refractivity contribution in [3.8, 4) is 0 Å². The van der Waals surface area contributed by atoms with Gasteiger partial charge < -0.3 is 10.2 Å². The summed E-state index contributed by atoms with van der Waals surface area (Å²) in [4.78, 5) is 19.2. The number of fused-ring (bicyclic) bond motifs is 1. The van der Waals surface area contributed by atoms with Crippen LogP contribution in [0.15, 0.2) is 54.0 Å². The average molecular weight is 393 g/mol. The van der Waals surface area contributed by atoms with Gasteiger partial charge in [-0.3, -0.25) is 5.21 Å². The third-order valence-corrected chi connectivity index (χ3v) is 5.28. The highest BCUT2D eigenvalue weighted by Gasteiger charge is 2.17. The zero-order valence-electron chi connectivity index (χ0n) is 15.4. The molecule has 0 spiro atoms. The summed E-state index contributed by atoms with van der Waals surface area (Å²) < 4.78 is 1.06. The van der Waals surface area contributed by atoms with Gasteiger partial charge in [0.1, 0.15) is 0 Å². The lowest BCUT2D eigenvalue weighted by molar-refractivity contribution is 0.382. The van der Waals surface area contributed by atoms with Crippen molar-refractivity contribution in [1.29, 1.82) is 0 Å². The molecule has 0 aliphatic carbocycles. The van der Waals surface area contributed by atoms with Crippen LogP contribution in [0.2, 0.25) is 0 Å². The molecule has 0 bridgehead atoms. The monoisotopic (exact) mass is 393 g/mol. The smallest absolute Gasteiger partial charge is 0.253 e. The fraction of sp³-hybridized carbons (Fsp3) is 0.158. The number of thiazole rings is 1. The molecule has 0 radical (unpaired) electrons. The van der Waals surface area contributed by atoms with Crippen molar-refractivity contribution in [1.82, 2.24) is 19.9 Å². The molecule has 4 rings (SSSR count). The van der Waals surface area contributed by atoms with Crippen molar-refractivity contribution in [3.63, 3.8) is 0 Å². The van der Waals surface area contributed by atoms with Crippen molar-refractivity contribution in [3.05, 3.63) is 59.6 Å². The second-order valence-electron chi connectivity index (χ2n) is 6.25. The Labute approximate surface area is 165 Å². The van der Waals surface area contributed by atoms with E-state index < -0.39 is 0 Å². The number of hydrogen-bond acceptors (Lipinski definition) is 9. The molecule has 0 aliphatic rings. The number of nitrogens with zero attached hydrogens (tertiary/aromatic N) is 5. The Hall–Kier alpha value is -3.30. The number of aromatic nitrogens is 4. The van der Waals surface area contributed by atoms with Crippen LogP contribution in [-0.2, 0) is 0 Å². The molecule has 1 atom stereocenters. The van der Waals surface area contributed by atoms with Crippen molar-refractivity contribution in [2.24, 2.45) is 0 Å². The Morgan fingerprint density at radius 1 is 1.04 bits per heavy atom. The van der Waals surface area contributed by atoms with E-state index >= 15 is 0 Å². The zero-order valence-corrected chi connectivity index (χ0v) is 16.2. The molecule has 1 unspecified atom stereocenters. The van der Waals surface area contributed by atoms with E-state index in [0.717, 1.165) is 21.5 Å². The Morgan fingerprint density at radius 3 is 2.61 bits per heavy atom. The fourth-order valence-electron chi connectivity index (χ4n) is 2.82. The standard InChI is InChI=1S/C19H19N7OS/c1-12(13-6-4-3-5-7-13)26(2)19-23-17(22-18(24-19)25-27)21-14-8-9-15-16(10-14)28-11-20-15/h3-12,27H,1-2H3,(H2,21,22,23,24,25). The van der Waals surface area contributed by atoms with Gasteiger partial charge in [0.15, 0.2) is 0 Å². The highest BCUT2D eigenvalue weighted by molar-refractivity contribution is 7.16. The van der Waals surface area contributed by atoms with Gasteiger partial charge in [-0.25, -0.2) is 10.5 Å². The number of rotatable bonds is 6. The topological polar surface area (TPSA) is 99.1 Å². The van der Waals surface area contributed by atoms with Crippen molar-refractivity contribution in [2.75, 3.05) is 22.7 Å². The molecule has 0 saturated heterocycles. The van der Waals surface area contributed by atoms with Crippen molar-refractivity contribution < 1.29 is 5.21 Å². The third kappa shape index (κ3) is 3.71. The molecular weight excluding hydrogens is 374 g/mol. The van der Waals surface area contributed by atoms with E-state index in [1.54, 1.807) is 11.3 Å². The summed E-state index contributed by atoms with van der Waals surface area (Å²) >= 11 is 1.56. The summed E-state index contributed by atoms with van der Waals surface area (Å²) in [7, 11) is 1.90. The van der Waals surface area contributed by atoms with E-state index in [0.29, 0.717) is 11.9 Å². The van der Waals surface area contributed by atoms with Gasteiger partial charge in [-0.2, -0.15) is 15.0 Å². The first-order chi connectivity index (χ1) is 13.6. The summed E-state index contributed by atoms with van der Waals surface area (Å²) in [6.07, 6.45) is 0. The quantitative estimate of drug-likeness (QED) is 0.419.